The molecule has 0 fully saturated rings. The number of rotatable bonds is 3. The van der Waals surface area contributed by atoms with E-state index in [2.05, 4.69) is 23.4 Å². The first-order valence-electron chi connectivity index (χ1n) is 3.35. The molecule has 4 nitrogen and oxygen atoms in total. The molecule has 0 bridgehead atoms. The largest absolute Gasteiger partial charge is 0.269 e. The van der Waals surface area contributed by atoms with Crippen molar-refractivity contribution in [1.29, 1.82) is 0 Å². The van der Waals surface area contributed by atoms with Crippen molar-refractivity contribution in [2.75, 3.05) is 6.26 Å². The third kappa shape index (κ3) is 5.79. The van der Waals surface area contributed by atoms with Crippen LogP contribution >= 0.6 is 0 Å². The SMILES string of the molecule is C=N/C=C(\N=C)S(C)(=O)=O.CC. The van der Waals surface area contributed by atoms with Crippen LogP contribution in [0.4, 0.5) is 0 Å². The Bertz CT molecular complexity index is 265. The molecule has 0 aromatic carbocycles. The molecule has 5 heteroatoms. The van der Waals surface area contributed by atoms with Crippen molar-refractivity contribution in [2.45, 2.75) is 13.8 Å². The second-order valence-corrected chi connectivity index (χ2v) is 3.54. The maximum atomic E-state index is 10.7. The lowest BCUT2D eigenvalue weighted by molar-refractivity contribution is 0.607. The normalized spacial score (nSPS) is 11.1. The highest BCUT2D eigenvalue weighted by atomic mass is 32.2. The molecule has 0 aliphatic carbocycles. The molecule has 0 amide bonds. The molecule has 0 spiro atoms. The van der Waals surface area contributed by atoms with Gasteiger partial charge in [-0.2, -0.15) is 0 Å². The van der Waals surface area contributed by atoms with Crippen LogP contribution in [-0.4, -0.2) is 28.1 Å². The van der Waals surface area contributed by atoms with Crippen LogP contribution in [0.25, 0.3) is 0 Å². The minimum atomic E-state index is -3.28. The fourth-order valence-corrected chi connectivity index (χ4v) is 0.832. The topological polar surface area (TPSA) is 58.9 Å². The lowest BCUT2D eigenvalue weighted by Gasteiger charge is -1.92. The first kappa shape index (κ1) is 13.6. The molecule has 0 unspecified atom stereocenters. The Balaban J connectivity index is 0. The first-order chi connectivity index (χ1) is 5.52. The summed E-state index contributed by atoms with van der Waals surface area (Å²) in [4.78, 5) is 6.49. The Morgan fingerprint density at radius 1 is 1.33 bits per heavy atom. The monoisotopic (exact) mass is 190 g/mol. The van der Waals surface area contributed by atoms with Crippen molar-refractivity contribution in [3.8, 4) is 0 Å². The molecule has 0 saturated carbocycles. The fourth-order valence-electron chi connectivity index (χ4n) is 0.332. The van der Waals surface area contributed by atoms with Crippen molar-refractivity contribution in [1.82, 2.24) is 0 Å². The molecule has 0 aromatic rings. The van der Waals surface area contributed by atoms with Gasteiger partial charge in [0.25, 0.3) is 0 Å². The molecule has 12 heavy (non-hydrogen) atoms. The Kier molecular flexibility index (Phi) is 7.62. The van der Waals surface area contributed by atoms with Gasteiger partial charge in [0.05, 0.1) is 6.20 Å². The van der Waals surface area contributed by atoms with Crippen LogP contribution in [0.5, 0.6) is 0 Å². The van der Waals surface area contributed by atoms with Crippen LogP contribution in [0.1, 0.15) is 13.8 Å². The molecule has 0 rings (SSSR count). The van der Waals surface area contributed by atoms with Gasteiger partial charge in [0.2, 0.25) is 0 Å². The van der Waals surface area contributed by atoms with Gasteiger partial charge >= 0.3 is 0 Å². The zero-order valence-electron chi connectivity index (χ0n) is 7.61. The molecule has 0 aromatic heterocycles. The standard InChI is InChI=1S/C5H8N2O2S.C2H6/c1-6-4-5(7-2)10(3,8)9;1-2/h4H,1-2H2,3H3;1-2H3/b5-4+;. The second kappa shape index (κ2) is 6.72. The van der Waals surface area contributed by atoms with Crippen LogP contribution in [0.15, 0.2) is 21.2 Å². The summed E-state index contributed by atoms with van der Waals surface area (Å²) in [6, 6.07) is 0. The highest BCUT2D eigenvalue weighted by molar-refractivity contribution is 7.94. The first-order valence-corrected chi connectivity index (χ1v) is 5.24. The molecule has 0 N–H and O–H groups in total. The minimum Gasteiger partial charge on any atom is -0.269 e. The molecule has 70 valence electrons. The Morgan fingerprint density at radius 2 is 1.75 bits per heavy atom. The number of sulfone groups is 1. The summed E-state index contributed by atoms with van der Waals surface area (Å²) in [5, 5.41) is -0.164. The van der Waals surface area contributed by atoms with Crippen molar-refractivity contribution in [3.05, 3.63) is 11.2 Å². The second-order valence-electron chi connectivity index (χ2n) is 1.58. The van der Waals surface area contributed by atoms with Crippen molar-refractivity contribution < 1.29 is 8.42 Å². The molecule has 0 atom stereocenters. The average Bonchev–Trinajstić information content (AvgIpc) is 2.02. The van der Waals surface area contributed by atoms with Crippen molar-refractivity contribution >= 4 is 23.3 Å². The van der Waals surface area contributed by atoms with E-state index in [9.17, 15) is 8.42 Å². The molecular formula is C7H14N2O2S. The Morgan fingerprint density at radius 3 is 1.83 bits per heavy atom. The predicted molar refractivity (Wildman–Crippen MR) is 53.4 cm³/mol. The van der Waals surface area contributed by atoms with E-state index in [1.165, 1.54) is 0 Å². The Labute approximate surface area is 73.7 Å². The summed E-state index contributed by atoms with van der Waals surface area (Å²) in [5.74, 6) is 0. The van der Waals surface area contributed by atoms with E-state index in [1.807, 2.05) is 13.8 Å². The van der Waals surface area contributed by atoms with E-state index in [0.29, 0.717) is 0 Å². The summed E-state index contributed by atoms with van der Waals surface area (Å²) in [6.07, 6.45) is 2.07. The van der Waals surface area contributed by atoms with E-state index in [4.69, 9.17) is 0 Å². The van der Waals surface area contributed by atoms with E-state index in [-0.39, 0.29) is 5.03 Å². The van der Waals surface area contributed by atoms with Crippen LogP contribution in [0, 0.1) is 0 Å². The highest BCUT2D eigenvalue weighted by Crippen LogP contribution is 2.03. The smallest absolute Gasteiger partial charge is 0.194 e. The van der Waals surface area contributed by atoms with Gasteiger partial charge in [0, 0.05) is 6.26 Å². The lowest BCUT2D eigenvalue weighted by Crippen LogP contribution is -1.97. The molecule has 0 radical (unpaired) electrons. The molecule has 0 saturated heterocycles. The van der Waals surface area contributed by atoms with Gasteiger partial charge in [-0.15, -0.1) is 0 Å². The summed E-state index contributed by atoms with van der Waals surface area (Å²) in [6.45, 7) is 10.1. The zero-order chi connectivity index (χ0) is 10.2. The molecule has 0 heterocycles. The fraction of sp³-hybridized carbons (Fsp3) is 0.429. The highest BCUT2D eigenvalue weighted by Gasteiger charge is 2.06. The number of aliphatic imine (C=N–C) groups is 2. The predicted octanol–water partition coefficient (Wildman–Crippen LogP) is 1.26. The Hall–Kier alpha value is -0.970. The number of hydrogen-bond acceptors (Lipinski definition) is 4. The van der Waals surface area contributed by atoms with Gasteiger partial charge in [-0.1, -0.05) is 13.8 Å². The van der Waals surface area contributed by atoms with Crippen molar-refractivity contribution in [3.63, 3.8) is 0 Å². The number of nitrogens with zero attached hydrogens (tertiary/aromatic N) is 2. The zero-order valence-corrected chi connectivity index (χ0v) is 8.43. The molecule has 0 aliphatic rings. The quantitative estimate of drug-likeness (QED) is 0.629. The van der Waals surface area contributed by atoms with Crippen molar-refractivity contribution in [2.24, 2.45) is 9.98 Å². The van der Waals surface area contributed by atoms with Crippen LogP contribution in [0.2, 0.25) is 0 Å². The van der Waals surface area contributed by atoms with E-state index >= 15 is 0 Å². The summed E-state index contributed by atoms with van der Waals surface area (Å²) >= 11 is 0. The van der Waals surface area contributed by atoms with Crippen LogP contribution < -0.4 is 0 Å². The summed E-state index contributed by atoms with van der Waals surface area (Å²) < 4.78 is 21.3. The number of hydrogen-bond donors (Lipinski definition) is 0. The van der Waals surface area contributed by atoms with Gasteiger partial charge in [0.1, 0.15) is 0 Å². The van der Waals surface area contributed by atoms with Crippen LogP contribution in [-0.2, 0) is 9.84 Å². The van der Waals surface area contributed by atoms with Gasteiger partial charge in [-0.05, 0) is 13.4 Å². The molecular weight excluding hydrogens is 176 g/mol. The van der Waals surface area contributed by atoms with E-state index < -0.39 is 9.84 Å². The minimum absolute atomic E-state index is 0.164. The average molecular weight is 190 g/mol. The van der Waals surface area contributed by atoms with Gasteiger partial charge in [0.15, 0.2) is 14.9 Å². The van der Waals surface area contributed by atoms with Gasteiger partial charge < -0.3 is 0 Å². The lowest BCUT2D eigenvalue weighted by atomic mass is 10.9. The van der Waals surface area contributed by atoms with E-state index in [0.717, 1.165) is 12.5 Å². The van der Waals surface area contributed by atoms with E-state index in [1.54, 1.807) is 0 Å². The summed E-state index contributed by atoms with van der Waals surface area (Å²) in [5.41, 5.74) is 0. The van der Waals surface area contributed by atoms with Gasteiger partial charge in [-0.3, -0.25) is 9.98 Å². The molecule has 0 aliphatic heterocycles. The maximum Gasteiger partial charge on any atom is 0.194 e. The van der Waals surface area contributed by atoms with Gasteiger partial charge in [-0.25, -0.2) is 8.42 Å². The summed E-state index contributed by atoms with van der Waals surface area (Å²) in [7, 11) is -3.28. The third-order valence-electron chi connectivity index (χ3n) is 0.737. The third-order valence-corrected chi connectivity index (χ3v) is 1.73. The van der Waals surface area contributed by atoms with Crippen LogP contribution in [0.3, 0.4) is 0 Å². The maximum absolute atomic E-state index is 10.7.